The number of piperazine rings is 1. The van der Waals surface area contributed by atoms with Gasteiger partial charge >= 0.3 is 0 Å². The lowest BCUT2D eigenvalue weighted by Gasteiger charge is -2.34. The Morgan fingerprint density at radius 1 is 0.906 bits per heavy atom. The highest BCUT2D eigenvalue weighted by molar-refractivity contribution is 6.36. The molecule has 2 aliphatic rings. The third kappa shape index (κ3) is 4.53. The fourth-order valence-corrected chi connectivity index (χ4v) is 4.07. The summed E-state index contributed by atoms with van der Waals surface area (Å²) < 4.78 is 13.5. The van der Waals surface area contributed by atoms with Gasteiger partial charge in [0.1, 0.15) is 11.5 Å². The van der Waals surface area contributed by atoms with E-state index in [4.69, 9.17) is 0 Å². The second-order valence-electron chi connectivity index (χ2n) is 8.83. The van der Waals surface area contributed by atoms with E-state index >= 15 is 0 Å². The summed E-state index contributed by atoms with van der Waals surface area (Å²) in [4.78, 5) is 32.2. The predicted molar refractivity (Wildman–Crippen MR) is 125 cm³/mol. The lowest BCUT2D eigenvalue weighted by atomic mass is 10.0. The van der Waals surface area contributed by atoms with Gasteiger partial charge in [-0.05, 0) is 54.9 Å². The summed E-state index contributed by atoms with van der Waals surface area (Å²) in [6, 6.07) is 13.6. The predicted octanol–water partition coefficient (Wildman–Crippen LogP) is 3.43. The molecule has 2 aliphatic heterocycles. The van der Waals surface area contributed by atoms with Crippen LogP contribution in [0, 0.1) is 11.7 Å². The molecule has 2 heterocycles. The molecule has 0 aromatic heterocycles. The normalized spacial score (nSPS) is 17.7. The van der Waals surface area contributed by atoms with E-state index < -0.39 is 0 Å². The van der Waals surface area contributed by atoms with Gasteiger partial charge in [0.2, 0.25) is 0 Å². The summed E-state index contributed by atoms with van der Waals surface area (Å²) in [5.74, 6) is -0.961. The number of benzene rings is 2. The second-order valence-corrected chi connectivity index (χ2v) is 8.83. The van der Waals surface area contributed by atoms with E-state index in [1.807, 2.05) is 38.1 Å². The van der Waals surface area contributed by atoms with Crippen molar-refractivity contribution >= 4 is 28.8 Å². The van der Waals surface area contributed by atoms with Crippen LogP contribution in [-0.2, 0) is 9.59 Å². The molecule has 0 spiro atoms. The molecular weight excluding hydrogens is 407 g/mol. The Labute approximate surface area is 188 Å². The zero-order valence-corrected chi connectivity index (χ0v) is 18.8. The summed E-state index contributed by atoms with van der Waals surface area (Å²) in [6.45, 7) is 8.24. The van der Waals surface area contributed by atoms with Crippen LogP contribution in [0.2, 0.25) is 0 Å². The molecule has 1 N–H and O–H groups in total. The maximum absolute atomic E-state index is 13.5. The van der Waals surface area contributed by atoms with Gasteiger partial charge in [0, 0.05) is 44.1 Å². The van der Waals surface area contributed by atoms with Crippen molar-refractivity contribution in [2.75, 3.05) is 50.0 Å². The number of amides is 2. The van der Waals surface area contributed by atoms with Crippen molar-refractivity contribution in [3.8, 4) is 0 Å². The molecule has 1 fully saturated rings. The molecule has 0 bridgehead atoms. The fourth-order valence-electron chi connectivity index (χ4n) is 4.07. The van der Waals surface area contributed by atoms with Gasteiger partial charge in [-0.1, -0.05) is 26.0 Å². The number of carbonyl (C=O) groups is 2. The summed E-state index contributed by atoms with van der Waals surface area (Å²) in [7, 11) is 2.12. The fraction of sp³-hybridized carbons (Fsp3) is 0.360. The van der Waals surface area contributed by atoms with E-state index in [2.05, 4.69) is 22.2 Å². The maximum Gasteiger partial charge on any atom is 0.278 e. The minimum absolute atomic E-state index is 0.139. The molecule has 7 heteroatoms. The highest BCUT2D eigenvalue weighted by Gasteiger charge is 2.39. The van der Waals surface area contributed by atoms with E-state index in [0.29, 0.717) is 12.1 Å². The van der Waals surface area contributed by atoms with E-state index in [1.54, 1.807) is 0 Å². The monoisotopic (exact) mass is 436 g/mol. The third-order valence-electron chi connectivity index (χ3n) is 5.85. The van der Waals surface area contributed by atoms with Crippen LogP contribution < -0.4 is 10.2 Å². The quantitative estimate of drug-likeness (QED) is 0.704. The molecule has 0 aliphatic carbocycles. The van der Waals surface area contributed by atoms with Crippen LogP contribution in [0.4, 0.5) is 15.8 Å². The first-order valence-corrected chi connectivity index (χ1v) is 11.0. The number of halogens is 1. The third-order valence-corrected chi connectivity index (χ3v) is 5.85. The van der Waals surface area contributed by atoms with Crippen molar-refractivity contribution in [2.45, 2.75) is 13.8 Å². The van der Waals surface area contributed by atoms with Crippen molar-refractivity contribution in [2.24, 2.45) is 5.92 Å². The largest absolute Gasteiger partial charge is 0.369 e. The van der Waals surface area contributed by atoms with Crippen LogP contribution in [0.1, 0.15) is 19.4 Å². The van der Waals surface area contributed by atoms with E-state index in [9.17, 15) is 14.0 Å². The average Bonchev–Trinajstić information content (AvgIpc) is 2.99. The average molecular weight is 437 g/mol. The lowest BCUT2D eigenvalue weighted by molar-refractivity contribution is -0.137. The van der Waals surface area contributed by atoms with Crippen LogP contribution in [-0.4, -0.2) is 61.4 Å². The van der Waals surface area contributed by atoms with Gasteiger partial charge in [0.25, 0.3) is 11.8 Å². The number of nitrogens with one attached hydrogen (secondary N) is 1. The minimum atomic E-state index is -0.390. The first kappa shape index (κ1) is 22.0. The Balaban J connectivity index is 1.61. The SMILES string of the molecule is CC(C)CN1C(=O)C(Nc2ccc(N3CCN(C)CC3)cc2)=C(c2ccc(F)cc2)C1=O. The smallest absolute Gasteiger partial charge is 0.278 e. The Hall–Kier alpha value is -3.19. The van der Waals surface area contributed by atoms with Crippen molar-refractivity contribution in [3.63, 3.8) is 0 Å². The maximum atomic E-state index is 13.5. The molecule has 4 rings (SSSR count). The molecule has 168 valence electrons. The first-order valence-electron chi connectivity index (χ1n) is 11.0. The van der Waals surface area contributed by atoms with E-state index in [1.165, 1.54) is 29.2 Å². The molecule has 2 amide bonds. The van der Waals surface area contributed by atoms with Crippen LogP contribution in [0.5, 0.6) is 0 Å². The lowest BCUT2D eigenvalue weighted by Crippen LogP contribution is -2.44. The molecular formula is C25H29FN4O2. The number of imide groups is 1. The summed E-state index contributed by atoms with van der Waals surface area (Å²) >= 11 is 0. The number of nitrogens with zero attached hydrogens (tertiary/aromatic N) is 3. The summed E-state index contributed by atoms with van der Waals surface area (Å²) in [5.41, 5.74) is 2.89. The molecule has 2 aromatic carbocycles. The number of anilines is 2. The Morgan fingerprint density at radius 2 is 1.53 bits per heavy atom. The number of carbonyl (C=O) groups excluding carboxylic acids is 2. The highest BCUT2D eigenvalue weighted by atomic mass is 19.1. The van der Waals surface area contributed by atoms with Gasteiger partial charge in [-0.25, -0.2) is 4.39 Å². The van der Waals surface area contributed by atoms with Crippen molar-refractivity contribution in [3.05, 3.63) is 65.6 Å². The molecule has 2 aromatic rings. The summed E-state index contributed by atoms with van der Waals surface area (Å²) in [6.07, 6.45) is 0. The Morgan fingerprint density at radius 3 is 2.12 bits per heavy atom. The van der Waals surface area contributed by atoms with Gasteiger partial charge in [0.15, 0.2) is 0 Å². The second kappa shape index (κ2) is 9.12. The first-order chi connectivity index (χ1) is 15.3. The topological polar surface area (TPSA) is 55.9 Å². The van der Waals surface area contributed by atoms with Gasteiger partial charge in [0.05, 0.1) is 5.57 Å². The van der Waals surface area contributed by atoms with Gasteiger partial charge in [-0.3, -0.25) is 14.5 Å². The molecule has 0 atom stereocenters. The molecule has 6 nitrogen and oxygen atoms in total. The minimum Gasteiger partial charge on any atom is -0.369 e. The Kier molecular flexibility index (Phi) is 6.28. The number of hydrogen-bond donors (Lipinski definition) is 1. The summed E-state index contributed by atoms with van der Waals surface area (Å²) in [5, 5.41) is 3.17. The van der Waals surface area contributed by atoms with Crippen LogP contribution in [0.15, 0.2) is 54.2 Å². The van der Waals surface area contributed by atoms with Gasteiger partial charge < -0.3 is 15.1 Å². The van der Waals surface area contributed by atoms with Crippen molar-refractivity contribution < 1.29 is 14.0 Å². The van der Waals surface area contributed by atoms with Crippen molar-refractivity contribution in [1.29, 1.82) is 0 Å². The standard InChI is InChI=1S/C25H29FN4O2/c1-17(2)16-30-24(31)22(18-4-6-19(26)7-5-18)23(25(30)32)27-20-8-10-21(11-9-20)29-14-12-28(3)13-15-29/h4-11,17,27H,12-16H2,1-3H3. The Bertz CT molecular complexity index is 1020. The molecule has 0 radical (unpaired) electrons. The van der Waals surface area contributed by atoms with Crippen LogP contribution >= 0.6 is 0 Å². The highest BCUT2D eigenvalue weighted by Crippen LogP contribution is 2.31. The zero-order chi connectivity index (χ0) is 22.8. The molecule has 0 unspecified atom stereocenters. The molecule has 1 saturated heterocycles. The van der Waals surface area contributed by atoms with E-state index in [0.717, 1.165) is 37.6 Å². The van der Waals surface area contributed by atoms with Crippen molar-refractivity contribution in [1.82, 2.24) is 9.80 Å². The van der Waals surface area contributed by atoms with Gasteiger partial charge in [-0.15, -0.1) is 0 Å². The van der Waals surface area contributed by atoms with E-state index in [-0.39, 0.29) is 34.8 Å². The van der Waals surface area contributed by atoms with Crippen LogP contribution in [0.25, 0.3) is 5.57 Å². The van der Waals surface area contributed by atoms with Gasteiger partial charge in [-0.2, -0.15) is 0 Å². The molecule has 32 heavy (non-hydrogen) atoms. The molecule has 0 saturated carbocycles. The zero-order valence-electron chi connectivity index (χ0n) is 18.8. The number of rotatable bonds is 6. The number of likely N-dealkylation sites (N-methyl/N-ethyl adjacent to an activating group) is 1. The number of hydrogen-bond acceptors (Lipinski definition) is 5. The van der Waals surface area contributed by atoms with Crippen LogP contribution in [0.3, 0.4) is 0 Å².